The van der Waals surface area contributed by atoms with Gasteiger partial charge in [0.25, 0.3) is 0 Å². The van der Waals surface area contributed by atoms with Crippen LogP contribution < -0.4 is 0 Å². The predicted molar refractivity (Wildman–Crippen MR) is 86.4 cm³/mol. The van der Waals surface area contributed by atoms with Gasteiger partial charge in [0.1, 0.15) is 5.60 Å². The van der Waals surface area contributed by atoms with Crippen molar-refractivity contribution in [3.05, 3.63) is 34.3 Å². The predicted octanol–water partition coefficient (Wildman–Crippen LogP) is 3.47. The maximum atomic E-state index is 11.6. The molecule has 0 bridgehead atoms. The van der Waals surface area contributed by atoms with E-state index in [2.05, 4.69) is 15.9 Å². The van der Waals surface area contributed by atoms with Gasteiger partial charge in [-0.25, -0.2) is 4.79 Å². The highest BCUT2D eigenvalue weighted by Crippen LogP contribution is 2.29. The summed E-state index contributed by atoms with van der Waals surface area (Å²) in [5.41, 5.74) is 0.499. The second-order valence-corrected chi connectivity index (χ2v) is 7.37. The van der Waals surface area contributed by atoms with E-state index in [4.69, 9.17) is 9.57 Å². The maximum Gasteiger partial charge on any atom is 0.528 e. The van der Waals surface area contributed by atoms with Crippen molar-refractivity contribution in [1.29, 1.82) is 0 Å². The summed E-state index contributed by atoms with van der Waals surface area (Å²) in [6, 6.07) is 7.93. The van der Waals surface area contributed by atoms with E-state index in [1.165, 1.54) is 5.06 Å². The molecule has 1 aliphatic rings. The number of halogens is 1. The highest BCUT2D eigenvalue weighted by atomic mass is 79.9. The Bertz CT molecular complexity index is 512. The molecule has 0 spiro atoms. The molecule has 0 aliphatic carbocycles. The quantitative estimate of drug-likeness (QED) is 0.806. The smallest absolute Gasteiger partial charge is 0.427 e. The zero-order valence-corrected chi connectivity index (χ0v) is 14.7. The number of ether oxygens (including phenoxy) is 1. The lowest BCUT2D eigenvalue weighted by Gasteiger charge is -2.34. The molecule has 0 amide bonds. The molecule has 1 aromatic carbocycles. The number of benzene rings is 1. The second-order valence-electron chi connectivity index (χ2n) is 6.46. The van der Waals surface area contributed by atoms with Crippen molar-refractivity contribution in [3.63, 3.8) is 0 Å². The van der Waals surface area contributed by atoms with Crippen molar-refractivity contribution < 1.29 is 19.5 Å². The fourth-order valence-corrected chi connectivity index (χ4v) is 2.72. The van der Waals surface area contributed by atoms with Crippen LogP contribution in [0.1, 0.15) is 38.7 Å². The maximum absolute atomic E-state index is 11.6. The highest BCUT2D eigenvalue weighted by molar-refractivity contribution is 9.10. The number of nitrogens with zero attached hydrogens (tertiary/aromatic N) is 1. The van der Waals surface area contributed by atoms with E-state index in [1.807, 2.05) is 24.3 Å². The Labute approximate surface area is 139 Å². The van der Waals surface area contributed by atoms with Gasteiger partial charge in [-0.05, 0) is 44.9 Å². The molecule has 6 heteroatoms. The minimum absolute atomic E-state index is 0.0478. The van der Waals surface area contributed by atoms with Gasteiger partial charge >= 0.3 is 6.16 Å². The summed E-state index contributed by atoms with van der Waals surface area (Å²) in [5, 5.41) is 11.8. The van der Waals surface area contributed by atoms with Crippen LogP contribution in [0.15, 0.2) is 28.7 Å². The normalized spacial score (nSPS) is 23.1. The molecule has 0 aromatic heterocycles. The molecular formula is C16H22BrNO4. The number of rotatable bonds is 2. The Hall–Kier alpha value is -1.11. The summed E-state index contributed by atoms with van der Waals surface area (Å²) >= 11 is 3.40. The molecule has 0 saturated carbocycles. The Morgan fingerprint density at radius 2 is 1.95 bits per heavy atom. The lowest BCUT2D eigenvalue weighted by molar-refractivity contribution is -0.170. The fraction of sp³-hybridized carbons (Fsp3) is 0.562. The molecule has 2 rings (SSSR count). The third kappa shape index (κ3) is 4.97. The summed E-state index contributed by atoms with van der Waals surface area (Å²) in [6.45, 7) is 6.19. The SMILES string of the molecule is CC(C)(C)OC(=O)ON1CCC(c2ccc(Br)cc2)C(O)C1. The van der Waals surface area contributed by atoms with Crippen molar-refractivity contribution in [2.75, 3.05) is 13.1 Å². The fourth-order valence-electron chi connectivity index (χ4n) is 2.46. The molecule has 1 saturated heterocycles. The van der Waals surface area contributed by atoms with Gasteiger partial charge in [-0.3, -0.25) is 0 Å². The molecule has 1 N–H and O–H groups in total. The van der Waals surface area contributed by atoms with E-state index in [9.17, 15) is 9.90 Å². The van der Waals surface area contributed by atoms with Gasteiger partial charge in [0.15, 0.2) is 0 Å². The molecule has 0 radical (unpaired) electrons. The van der Waals surface area contributed by atoms with Crippen molar-refractivity contribution >= 4 is 22.1 Å². The number of carbonyl (C=O) groups excluding carboxylic acids is 1. The van der Waals surface area contributed by atoms with Crippen molar-refractivity contribution in [2.45, 2.75) is 44.8 Å². The highest BCUT2D eigenvalue weighted by Gasteiger charge is 2.31. The molecule has 22 heavy (non-hydrogen) atoms. The summed E-state index contributed by atoms with van der Waals surface area (Å²) in [4.78, 5) is 16.8. The van der Waals surface area contributed by atoms with Crippen LogP contribution in [0.5, 0.6) is 0 Å². The topological polar surface area (TPSA) is 59.0 Å². The lowest BCUT2D eigenvalue weighted by Crippen LogP contribution is -2.44. The van der Waals surface area contributed by atoms with Crippen LogP contribution >= 0.6 is 15.9 Å². The molecule has 5 nitrogen and oxygen atoms in total. The van der Waals surface area contributed by atoms with Crippen LogP contribution in [0, 0.1) is 0 Å². The Morgan fingerprint density at radius 3 is 2.50 bits per heavy atom. The van der Waals surface area contributed by atoms with E-state index in [0.29, 0.717) is 13.0 Å². The van der Waals surface area contributed by atoms with Gasteiger partial charge in [-0.2, -0.15) is 0 Å². The van der Waals surface area contributed by atoms with Crippen LogP contribution in [-0.4, -0.2) is 41.1 Å². The Balaban J connectivity index is 1.90. The third-order valence-electron chi connectivity index (χ3n) is 3.44. The van der Waals surface area contributed by atoms with E-state index in [0.717, 1.165) is 10.0 Å². The number of hydrogen-bond donors (Lipinski definition) is 1. The van der Waals surface area contributed by atoms with E-state index >= 15 is 0 Å². The van der Waals surface area contributed by atoms with Gasteiger partial charge in [-0.15, -0.1) is 5.06 Å². The third-order valence-corrected chi connectivity index (χ3v) is 3.96. The molecule has 1 aromatic rings. The molecule has 2 unspecified atom stereocenters. The lowest BCUT2D eigenvalue weighted by atomic mass is 9.88. The zero-order chi connectivity index (χ0) is 16.3. The van der Waals surface area contributed by atoms with Crippen LogP contribution in [0.3, 0.4) is 0 Å². The molecule has 1 aliphatic heterocycles. The van der Waals surface area contributed by atoms with Gasteiger partial charge in [0.05, 0.1) is 12.6 Å². The van der Waals surface area contributed by atoms with Crippen molar-refractivity contribution in [2.24, 2.45) is 0 Å². The van der Waals surface area contributed by atoms with Crippen molar-refractivity contribution in [1.82, 2.24) is 5.06 Å². The largest absolute Gasteiger partial charge is 0.528 e. The summed E-state index contributed by atoms with van der Waals surface area (Å²) < 4.78 is 6.12. The zero-order valence-electron chi connectivity index (χ0n) is 13.1. The molecular weight excluding hydrogens is 350 g/mol. The van der Waals surface area contributed by atoms with Crippen LogP contribution in [0.25, 0.3) is 0 Å². The number of piperidine rings is 1. The van der Waals surface area contributed by atoms with Crippen LogP contribution in [0.2, 0.25) is 0 Å². The molecule has 2 atom stereocenters. The van der Waals surface area contributed by atoms with E-state index in [1.54, 1.807) is 20.8 Å². The number of hydroxylamine groups is 2. The summed E-state index contributed by atoms with van der Waals surface area (Å²) in [6.07, 6.45) is -0.606. The average Bonchev–Trinajstić information content (AvgIpc) is 2.38. The number of aliphatic hydroxyl groups excluding tert-OH is 1. The first kappa shape index (κ1) is 17.2. The Kier molecular flexibility index (Phi) is 5.47. The van der Waals surface area contributed by atoms with E-state index < -0.39 is 17.9 Å². The van der Waals surface area contributed by atoms with Gasteiger partial charge in [0.2, 0.25) is 0 Å². The van der Waals surface area contributed by atoms with Gasteiger partial charge in [-0.1, -0.05) is 28.1 Å². The first-order chi connectivity index (χ1) is 10.2. The second kappa shape index (κ2) is 6.98. The molecule has 1 heterocycles. The standard InChI is InChI=1S/C16H22BrNO4/c1-16(2,3)21-15(20)22-18-9-8-13(14(19)10-18)11-4-6-12(17)7-5-11/h4-7,13-14,19H,8-10H2,1-3H3. The minimum atomic E-state index is -0.734. The Morgan fingerprint density at radius 1 is 1.32 bits per heavy atom. The monoisotopic (exact) mass is 371 g/mol. The minimum Gasteiger partial charge on any atom is -0.427 e. The molecule has 122 valence electrons. The summed E-state index contributed by atoms with van der Waals surface area (Å²) in [7, 11) is 0. The van der Waals surface area contributed by atoms with Gasteiger partial charge < -0.3 is 14.7 Å². The number of carbonyl (C=O) groups is 1. The summed E-state index contributed by atoms with van der Waals surface area (Å²) in [5.74, 6) is 0.0478. The first-order valence-corrected chi connectivity index (χ1v) is 8.13. The van der Waals surface area contributed by atoms with Crippen LogP contribution in [0.4, 0.5) is 4.79 Å². The number of aliphatic hydroxyl groups is 1. The molecule has 1 fully saturated rings. The van der Waals surface area contributed by atoms with Crippen molar-refractivity contribution in [3.8, 4) is 0 Å². The van der Waals surface area contributed by atoms with Crippen LogP contribution in [-0.2, 0) is 9.57 Å². The van der Waals surface area contributed by atoms with Gasteiger partial charge in [0, 0.05) is 16.9 Å². The first-order valence-electron chi connectivity index (χ1n) is 7.34. The average molecular weight is 372 g/mol. The number of β-amino-alcohol motifs (C(OH)–C–C–N with tert-alkyl or cyclic N) is 1. The number of hydrogen-bond acceptors (Lipinski definition) is 5. The van der Waals surface area contributed by atoms with E-state index in [-0.39, 0.29) is 12.5 Å².